The van der Waals surface area contributed by atoms with E-state index in [1.165, 1.54) is 128 Å². The number of carbonyl (C=O) groups excluding carboxylic acids is 1. The van der Waals surface area contributed by atoms with Gasteiger partial charge in [0.25, 0.3) is 0 Å². The summed E-state index contributed by atoms with van der Waals surface area (Å²) in [7, 11) is 0. The summed E-state index contributed by atoms with van der Waals surface area (Å²) in [5.74, 6) is -0.0860. The van der Waals surface area contributed by atoms with Gasteiger partial charge in [0.2, 0.25) is 5.91 Å². The Kier molecular flexibility index (Phi) is 34.9. The van der Waals surface area contributed by atoms with E-state index < -0.39 is 12.1 Å². The van der Waals surface area contributed by atoms with E-state index in [-0.39, 0.29) is 12.5 Å². The monoisotopic (exact) mass is 618 g/mol. The zero-order valence-corrected chi connectivity index (χ0v) is 29.4. The van der Waals surface area contributed by atoms with E-state index >= 15 is 0 Å². The molecule has 0 aromatic rings. The summed E-state index contributed by atoms with van der Waals surface area (Å²) in [4.78, 5) is 12.3. The summed E-state index contributed by atoms with van der Waals surface area (Å²) in [5, 5.41) is 22.8. The number of aliphatic hydroxyl groups excluding tert-OH is 2. The van der Waals surface area contributed by atoms with Crippen molar-refractivity contribution in [3.05, 3.63) is 36.5 Å². The van der Waals surface area contributed by atoms with Crippen LogP contribution in [0.5, 0.6) is 0 Å². The molecule has 0 aromatic carbocycles. The lowest BCUT2D eigenvalue weighted by molar-refractivity contribution is -0.123. The van der Waals surface area contributed by atoms with Crippen LogP contribution in [0.25, 0.3) is 0 Å². The van der Waals surface area contributed by atoms with E-state index in [9.17, 15) is 15.0 Å². The van der Waals surface area contributed by atoms with Crippen molar-refractivity contribution in [2.75, 3.05) is 6.61 Å². The van der Waals surface area contributed by atoms with Gasteiger partial charge in [-0.05, 0) is 51.4 Å². The number of hydrogen-bond acceptors (Lipinski definition) is 3. The van der Waals surface area contributed by atoms with Crippen LogP contribution in [0.1, 0.15) is 194 Å². The molecule has 3 N–H and O–H groups in total. The molecule has 44 heavy (non-hydrogen) atoms. The summed E-state index contributed by atoms with van der Waals surface area (Å²) in [6, 6.07) is -0.640. The van der Waals surface area contributed by atoms with Crippen LogP contribution in [-0.2, 0) is 4.79 Å². The van der Waals surface area contributed by atoms with E-state index in [1.54, 1.807) is 6.08 Å². The topological polar surface area (TPSA) is 69.6 Å². The van der Waals surface area contributed by atoms with Crippen molar-refractivity contribution in [3.63, 3.8) is 0 Å². The molecular formula is C40H75NO3. The number of rotatable bonds is 34. The Bertz CT molecular complexity index is 672. The summed E-state index contributed by atoms with van der Waals surface area (Å²) in [5.41, 5.74) is 0. The van der Waals surface area contributed by atoms with Crippen LogP contribution in [0.3, 0.4) is 0 Å². The molecule has 1 amide bonds. The molecule has 0 aliphatic rings. The largest absolute Gasteiger partial charge is 0.394 e. The van der Waals surface area contributed by atoms with Gasteiger partial charge in [-0.2, -0.15) is 0 Å². The van der Waals surface area contributed by atoms with Gasteiger partial charge >= 0.3 is 0 Å². The highest BCUT2D eigenvalue weighted by Gasteiger charge is 2.17. The van der Waals surface area contributed by atoms with Crippen molar-refractivity contribution in [2.45, 2.75) is 206 Å². The van der Waals surface area contributed by atoms with Gasteiger partial charge in [0, 0.05) is 6.42 Å². The molecule has 2 atom stereocenters. The Balaban J connectivity index is 3.63. The second-order valence-electron chi connectivity index (χ2n) is 13.0. The number of amides is 1. The zero-order chi connectivity index (χ0) is 32.2. The first-order valence-corrected chi connectivity index (χ1v) is 19.2. The van der Waals surface area contributed by atoms with Crippen molar-refractivity contribution in [3.8, 4) is 0 Å². The van der Waals surface area contributed by atoms with E-state index in [0.29, 0.717) is 6.42 Å². The van der Waals surface area contributed by atoms with Crippen molar-refractivity contribution in [2.24, 2.45) is 0 Å². The maximum absolute atomic E-state index is 12.3. The highest BCUT2D eigenvalue weighted by Crippen LogP contribution is 2.14. The van der Waals surface area contributed by atoms with E-state index in [4.69, 9.17) is 0 Å². The van der Waals surface area contributed by atoms with Crippen molar-refractivity contribution < 1.29 is 15.0 Å². The van der Waals surface area contributed by atoms with E-state index in [0.717, 1.165) is 44.9 Å². The third-order valence-corrected chi connectivity index (χ3v) is 8.60. The highest BCUT2D eigenvalue weighted by molar-refractivity contribution is 5.76. The molecule has 2 unspecified atom stereocenters. The molecule has 0 saturated carbocycles. The van der Waals surface area contributed by atoms with Crippen LogP contribution in [0.4, 0.5) is 0 Å². The minimum absolute atomic E-state index is 0.0860. The predicted octanol–water partition coefficient (Wildman–Crippen LogP) is 11.5. The van der Waals surface area contributed by atoms with Gasteiger partial charge in [0.05, 0.1) is 18.8 Å². The highest BCUT2D eigenvalue weighted by atomic mass is 16.3. The van der Waals surface area contributed by atoms with Crippen molar-refractivity contribution in [1.82, 2.24) is 5.32 Å². The van der Waals surface area contributed by atoms with Crippen LogP contribution in [0.2, 0.25) is 0 Å². The molecule has 0 heterocycles. The van der Waals surface area contributed by atoms with Gasteiger partial charge in [-0.25, -0.2) is 0 Å². The number of aliphatic hydroxyl groups is 2. The number of carbonyl (C=O) groups is 1. The minimum Gasteiger partial charge on any atom is -0.394 e. The Morgan fingerprint density at radius 1 is 0.523 bits per heavy atom. The Morgan fingerprint density at radius 2 is 0.909 bits per heavy atom. The maximum Gasteiger partial charge on any atom is 0.220 e. The lowest BCUT2D eigenvalue weighted by Gasteiger charge is -2.19. The molecular weight excluding hydrogens is 542 g/mol. The quantitative estimate of drug-likeness (QED) is 0.0497. The minimum atomic E-state index is -0.862. The van der Waals surface area contributed by atoms with Gasteiger partial charge in [-0.1, -0.05) is 172 Å². The molecule has 0 rings (SSSR count). The standard InChI is InChI=1S/C40H75NO3/c1-3-5-7-9-11-13-15-16-17-18-19-20-21-22-23-24-26-27-29-31-33-35-39(43)38(37-42)41-40(44)36-34-32-30-28-25-14-12-10-8-6-4-2/h10,12,26-27,33,35,38-39,42-43H,3-9,11,13-25,28-32,34,36-37H2,1-2H3,(H,41,44)/b12-10-,27-26+,35-33+. The normalized spacial score (nSPS) is 13.5. The van der Waals surface area contributed by atoms with Gasteiger partial charge in [-0.3, -0.25) is 4.79 Å². The molecule has 258 valence electrons. The van der Waals surface area contributed by atoms with Crippen LogP contribution in [0.15, 0.2) is 36.5 Å². The maximum atomic E-state index is 12.3. The van der Waals surface area contributed by atoms with E-state index in [2.05, 4.69) is 43.5 Å². The Labute approximate surface area is 274 Å². The lowest BCUT2D eigenvalue weighted by Crippen LogP contribution is -2.45. The van der Waals surface area contributed by atoms with Crippen molar-refractivity contribution >= 4 is 5.91 Å². The first-order chi connectivity index (χ1) is 21.7. The van der Waals surface area contributed by atoms with E-state index in [1.807, 2.05) is 6.08 Å². The van der Waals surface area contributed by atoms with Crippen LogP contribution < -0.4 is 5.32 Å². The third kappa shape index (κ3) is 32.0. The van der Waals surface area contributed by atoms with Gasteiger partial charge in [0.15, 0.2) is 0 Å². The fourth-order valence-electron chi connectivity index (χ4n) is 5.59. The Morgan fingerprint density at radius 3 is 1.39 bits per heavy atom. The second-order valence-corrected chi connectivity index (χ2v) is 13.0. The van der Waals surface area contributed by atoms with Gasteiger partial charge < -0.3 is 15.5 Å². The lowest BCUT2D eigenvalue weighted by atomic mass is 10.0. The summed E-state index contributed by atoms with van der Waals surface area (Å²) in [6.07, 6.45) is 46.7. The molecule has 0 aromatic heterocycles. The van der Waals surface area contributed by atoms with Gasteiger partial charge in [-0.15, -0.1) is 0 Å². The number of nitrogens with one attached hydrogen (secondary N) is 1. The average molecular weight is 618 g/mol. The van der Waals surface area contributed by atoms with Gasteiger partial charge in [0.1, 0.15) is 0 Å². The second kappa shape index (κ2) is 36.1. The average Bonchev–Trinajstić information content (AvgIpc) is 3.03. The van der Waals surface area contributed by atoms with Crippen LogP contribution in [0, 0.1) is 0 Å². The number of allylic oxidation sites excluding steroid dienone is 5. The molecule has 0 bridgehead atoms. The van der Waals surface area contributed by atoms with Crippen LogP contribution >= 0.6 is 0 Å². The molecule has 0 aliphatic carbocycles. The predicted molar refractivity (Wildman–Crippen MR) is 193 cm³/mol. The first-order valence-electron chi connectivity index (χ1n) is 19.2. The molecule has 0 aliphatic heterocycles. The number of hydrogen-bond donors (Lipinski definition) is 3. The zero-order valence-electron chi connectivity index (χ0n) is 29.4. The molecule has 4 nitrogen and oxygen atoms in total. The fourth-order valence-corrected chi connectivity index (χ4v) is 5.59. The first kappa shape index (κ1) is 42.6. The summed E-state index contributed by atoms with van der Waals surface area (Å²) >= 11 is 0. The molecule has 0 spiro atoms. The molecule has 4 heteroatoms. The van der Waals surface area contributed by atoms with Crippen LogP contribution in [-0.4, -0.2) is 34.9 Å². The SMILES string of the molecule is CCCC/C=C\CCCCCCCC(=O)NC(CO)C(O)/C=C/CC/C=C/CCCCCCCCCCCCCCCCC. The number of unbranched alkanes of at least 4 members (excludes halogenated alkanes) is 23. The van der Waals surface area contributed by atoms with Crippen molar-refractivity contribution in [1.29, 1.82) is 0 Å². The molecule has 0 saturated heterocycles. The fraction of sp³-hybridized carbons (Fsp3) is 0.825. The summed E-state index contributed by atoms with van der Waals surface area (Å²) in [6.45, 7) is 4.25. The Hall–Kier alpha value is -1.39. The smallest absolute Gasteiger partial charge is 0.220 e. The molecule has 0 radical (unpaired) electrons. The molecule has 0 fully saturated rings. The summed E-state index contributed by atoms with van der Waals surface area (Å²) < 4.78 is 0. The third-order valence-electron chi connectivity index (χ3n) is 8.60.